The number of ketones is 1. The Morgan fingerprint density at radius 3 is 1.89 bits per heavy atom. The van der Waals surface area contributed by atoms with E-state index in [0.29, 0.717) is 28.5 Å². The van der Waals surface area contributed by atoms with Crippen LogP contribution in [0.4, 0.5) is 5.69 Å². The molecule has 3 aromatic rings. The van der Waals surface area contributed by atoms with E-state index in [-0.39, 0.29) is 31.3 Å². The van der Waals surface area contributed by atoms with Crippen LogP contribution in [0, 0.1) is 5.92 Å². The third-order valence-corrected chi connectivity index (χ3v) is 5.66. The van der Waals surface area contributed by atoms with Gasteiger partial charge in [0.1, 0.15) is 23.0 Å². The van der Waals surface area contributed by atoms with Gasteiger partial charge in [0.2, 0.25) is 5.91 Å². The van der Waals surface area contributed by atoms with Crippen LogP contribution >= 0.6 is 0 Å². The van der Waals surface area contributed by atoms with Crippen molar-refractivity contribution in [1.82, 2.24) is 0 Å². The van der Waals surface area contributed by atoms with Crippen molar-refractivity contribution in [2.24, 2.45) is 5.92 Å². The molecule has 180 valence electrons. The molecule has 4 rings (SSSR count). The molecule has 1 atom stereocenters. The second-order valence-corrected chi connectivity index (χ2v) is 7.94. The number of Topliss-reactive ketones (excluding diaryl/α,β-unsaturated/α-hetero) is 1. The Bertz CT molecular complexity index is 1190. The van der Waals surface area contributed by atoms with Crippen molar-refractivity contribution < 1.29 is 33.3 Å². The Morgan fingerprint density at radius 2 is 1.31 bits per heavy atom. The zero-order valence-electron chi connectivity index (χ0n) is 19.4. The van der Waals surface area contributed by atoms with Crippen molar-refractivity contribution in [1.29, 1.82) is 0 Å². The van der Waals surface area contributed by atoms with Gasteiger partial charge < -0.3 is 23.8 Å². The van der Waals surface area contributed by atoms with Gasteiger partial charge in [0.05, 0.1) is 20.1 Å². The summed E-state index contributed by atoms with van der Waals surface area (Å²) >= 11 is 0. The monoisotopic (exact) mass is 475 g/mol. The van der Waals surface area contributed by atoms with E-state index in [9.17, 15) is 14.4 Å². The van der Waals surface area contributed by atoms with Gasteiger partial charge in [-0.15, -0.1) is 0 Å². The molecule has 1 heterocycles. The number of ether oxygens (including phenoxy) is 4. The fourth-order valence-electron chi connectivity index (χ4n) is 3.70. The maximum Gasteiger partial charge on any atom is 0.311 e. The molecule has 8 heteroatoms. The molecule has 1 aliphatic rings. The van der Waals surface area contributed by atoms with Crippen LogP contribution in [0.25, 0.3) is 0 Å². The van der Waals surface area contributed by atoms with E-state index < -0.39 is 11.9 Å². The minimum atomic E-state index is -0.638. The molecule has 1 aliphatic heterocycles. The van der Waals surface area contributed by atoms with E-state index in [1.54, 1.807) is 79.9 Å². The van der Waals surface area contributed by atoms with Crippen molar-refractivity contribution in [2.75, 3.05) is 32.3 Å². The highest BCUT2D eigenvalue weighted by Gasteiger charge is 2.36. The molecule has 1 unspecified atom stereocenters. The number of carbonyl (C=O) groups is 3. The van der Waals surface area contributed by atoms with Gasteiger partial charge in [0.15, 0.2) is 12.4 Å². The molecule has 0 spiro atoms. The van der Waals surface area contributed by atoms with Crippen molar-refractivity contribution in [3.63, 3.8) is 0 Å². The summed E-state index contributed by atoms with van der Waals surface area (Å²) in [6, 6.07) is 20.8. The van der Waals surface area contributed by atoms with Gasteiger partial charge in [-0.3, -0.25) is 14.4 Å². The molecule has 35 heavy (non-hydrogen) atoms. The Morgan fingerprint density at radius 1 is 0.800 bits per heavy atom. The summed E-state index contributed by atoms with van der Waals surface area (Å²) in [5, 5.41) is 0. The summed E-state index contributed by atoms with van der Waals surface area (Å²) in [6.07, 6.45) is 0.0274. The van der Waals surface area contributed by atoms with Crippen LogP contribution in [0.1, 0.15) is 16.8 Å². The molecule has 0 saturated carbocycles. The molecular weight excluding hydrogens is 450 g/mol. The maximum atomic E-state index is 12.5. The molecule has 8 nitrogen and oxygen atoms in total. The number of carbonyl (C=O) groups excluding carboxylic acids is 3. The maximum absolute atomic E-state index is 12.5. The average molecular weight is 475 g/mol. The fraction of sp³-hybridized carbons (Fsp3) is 0.222. The van der Waals surface area contributed by atoms with E-state index in [0.717, 1.165) is 5.75 Å². The lowest BCUT2D eigenvalue weighted by Crippen LogP contribution is -2.27. The number of anilines is 1. The summed E-state index contributed by atoms with van der Waals surface area (Å²) in [7, 11) is 3.13. The quantitative estimate of drug-likeness (QED) is 0.337. The van der Waals surface area contributed by atoms with Gasteiger partial charge in [-0.1, -0.05) is 0 Å². The van der Waals surface area contributed by atoms with E-state index in [2.05, 4.69) is 0 Å². The lowest BCUT2D eigenvalue weighted by Gasteiger charge is -2.17. The SMILES string of the molecule is COc1ccc(Oc2ccc(N3CC(C(=O)OCC(=O)c4ccc(OC)cc4)CC3=O)cc2)cc1. The highest BCUT2D eigenvalue weighted by Crippen LogP contribution is 2.29. The normalized spacial score (nSPS) is 15.0. The average Bonchev–Trinajstić information content (AvgIpc) is 3.29. The number of hydrogen-bond acceptors (Lipinski definition) is 7. The molecule has 1 amide bonds. The van der Waals surface area contributed by atoms with E-state index in [1.165, 1.54) is 12.0 Å². The zero-order chi connectivity index (χ0) is 24.8. The molecule has 0 aliphatic carbocycles. The van der Waals surface area contributed by atoms with Gasteiger partial charge in [-0.05, 0) is 72.8 Å². The number of rotatable bonds is 9. The Labute approximate surface area is 203 Å². The van der Waals surface area contributed by atoms with Crippen LogP contribution in [-0.4, -0.2) is 45.0 Å². The minimum absolute atomic E-state index is 0.0274. The standard InChI is InChI=1S/C27H25NO7/c1-32-21-7-3-18(4-8-21)25(29)17-34-27(31)19-15-26(30)28(16-19)20-5-9-23(10-6-20)35-24-13-11-22(33-2)12-14-24/h3-14,19H,15-17H2,1-2H3. The predicted octanol–water partition coefficient (Wildman–Crippen LogP) is 4.28. The number of benzene rings is 3. The van der Waals surface area contributed by atoms with Gasteiger partial charge in [-0.2, -0.15) is 0 Å². The van der Waals surface area contributed by atoms with Crippen LogP contribution in [0.3, 0.4) is 0 Å². The van der Waals surface area contributed by atoms with Gasteiger partial charge in [0, 0.05) is 24.2 Å². The molecule has 0 radical (unpaired) electrons. The first kappa shape index (κ1) is 23.8. The second-order valence-electron chi connectivity index (χ2n) is 7.94. The number of hydrogen-bond donors (Lipinski definition) is 0. The van der Waals surface area contributed by atoms with Crippen LogP contribution in [0.5, 0.6) is 23.0 Å². The zero-order valence-corrected chi connectivity index (χ0v) is 19.4. The lowest BCUT2D eigenvalue weighted by atomic mass is 10.1. The van der Waals surface area contributed by atoms with Crippen LogP contribution in [0.2, 0.25) is 0 Å². The first-order chi connectivity index (χ1) is 17.0. The Balaban J connectivity index is 1.31. The molecular formula is C27H25NO7. The largest absolute Gasteiger partial charge is 0.497 e. The third kappa shape index (κ3) is 5.78. The molecule has 0 bridgehead atoms. The topological polar surface area (TPSA) is 91.4 Å². The summed E-state index contributed by atoms with van der Waals surface area (Å²) in [5.74, 6) is 0.915. The minimum Gasteiger partial charge on any atom is -0.497 e. The summed E-state index contributed by atoms with van der Waals surface area (Å²) in [5.41, 5.74) is 1.07. The molecule has 0 aromatic heterocycles. The first-order valence-electron chi connectivity index (χ1n) is 11.0. The molecule has 1 fully saturated rings. The number of esters is 1. The smallest absolute Gasteiger partial charge is 0.311 e. The molecule has 1 saturated heterocycles. The fourth-order valence-corrected chi connectivity index (χ4v) is 3.70. The Hall–Kier alpha value is -4.33. The van der Waals surface area contributed by atoms with Crippen LogP contribution in [-0.2, 0) is 14.3 Å². The molecule has 0 N–H and O–H groups in total. The van der Waals surface area contributed by atoms with E-state index >= 15 is 0 Å². The highest BCUT2D eigenvalue weighted by atomic mass is 16.5. The summed E-state index contributed by atoms with van der Waals surface area (Å²) in [6.45, 7) is -0.194. The first-order valence-corrected chi connectivity index (χ1v) is 11.0. The lowest BCUT2D eigenvalue weighted by molar-refractivity contribution is -0.147. The van der Waals surface area contributed by atoms with Crippen LogP contribution < -0.4 is 19.1 Å². The van der Waals surface area contributed by atoms with Crippen molar-refractivity contribution in [3.05, 3.63) is 78.4 Å². The van der Waals surface area contributed by atoms with Crippen molar-refractivity contribution in [3.8, 4) is 23.0 Å². The number of methoxy groups -OCH3 is 2. The number of nitrogens with zero attached hydrogens (tertiary/aromatic N) is 1. The van der Waals surface area contributed by atoms with Crippen molar-refractivity contribution >= 4 is 23.3 Å². The van der Waals surface area contributed by atoms with E-state index in [1.807, 2.05) is 0 Å². The Kier molecular flexibility index (Phi) is 7.30. The second kappa shape index (κ2) is 10.7. The van der Waals surface area contributed by atoms with Gasteiger partial charge >= 0.3 is 5.97 Å². The van der Waals surface area contributed by atoms with Crippen LogP contribution in [0.15, 0.2) is 72.8 Å². The third-order valence-electron chi connectivity index (χ3n) is 5.66. The predicted molar refractivity (Wildman–Crippen MR) is 128 cm³/mol. The van der Waals surface area contributed by atoms with Crippen molar-refractivity contribution in [2.45, 2.75) is 6.42 Å². The van der Waals surface area contributed by atoms with E-state index in [4.69, 9.17) is 18.9 Å². The highest BCUT2D eigenvalue weighted by molar-refractivity contribution is 6.01. The van der Waals surface area contributed by atoms with Gasteiger partial charge in [-0.25, -0.2) is 0 Å². The molecule has 3 aromatic carbocycles. The summed E-state index contributed by atoms with van der Waals surface area (Å²) in [4.78, 5) is 38.9. The van der Waals surface area contributed by atoms with Gasteiger partial charge in [0.25, 0.3) is 0 Å². The number of amides is 1. The summed E-state index contributed by atoms with van der Waals surface area (Å²) < 4.78 is 21.2.